The summed E-state index contributed by atoms with van der Waals surface area (Å²) < 4.78 is 27.4. The summed E-state index contributed by atoms with van der Waals surface area (Å²) in [5, 5.41) is 5.43. The smallest absolute Gasteiger partial charge is 0.272 e. The number of anilines is 2. The van der Waals surface area contributed by atoms with Gasteiger partial charge >= 0.3 is 0 Å². The topological polar surface area (TPSA) is 102 Å². The minimum absolute atomic E-state index is 0.0217. The maximum absolute atomic E-state index is 14.9. The molecule has 9 nitrogen and oxygen atoms in total. The van der Waals surface area contributed by atoms with Crippen molar-refractivity contribution in [2.75, 3.05) is 35.6 Å². The summed E-state index contributed by atoms with van der Waals surface area (Å²) in [6.45, 7) is 4.10. The lowest BCUT2D eigenvalue weighted by Gasteiger charge is -2.40. The van der Waals surface area contributed by atoms with E-state index in [4.69, 9.17) is 28.2 Å². The first kappa shape index (κ1) is 36.1. The highest BCUT2D eigenvalue weighted by atomic mass is 35.5. The van der Waals surface area contributed by atoms with Crippen LogP contribution < -0.4 is 10.2 Å². The Kier molecular flexibility index (Phi) is 9.49. The van der Waals surface area contributed by atoms with Crippen molar-refractivity contribution in [3.8, 4) is 0 Å². The fourth-order valence-electron chi connectivity index (χ4n) is 9.06. The maximum atomic E-state index is 14.9. The number of amides is 1. The van der Waals surface area contributed by atoms with E-state index in [1.54, 1.807) is 10.5 Å². The number of fused-ring (bicyclic) bond motifs is 2. The first-order valence-electron chi connectivity index (χ1n) is 19.0. The maximum Gasteiger partial charge on any atom is 0.272 e. The summed E-state index contributed by atoms with van der Waals surface area (Å²) in [5.41, 5.74) is 7.91. The van der Waals surface area contributed by atoms with E-state index in [0.29, 0.717) is 59.7 Å². The van der Waals surface area contributed by atoms with Gasteiger partial charge in [-0.3, -0.25) is 4.79 Å². The molecule has 2 N–H and O–H groups in total. The van der Waals surface area contributed by atoms with Crippen molar-refractivity contribution < 1.29 is 13.2 Å². The molecule has 0 bridgehead atoms. The summed E-state index contributed by atoms with van der Waals surface area (Å²) >= 11 is 13.3. The number of rotatable bonds is 6. The van der Waals surface area contributed by atoms with Gasteiger partial charge in [0.1, 0.15) is 5.69 Å². The van der Waals surface area contributed by atoms with Crippen molar-refractivity contribution in [1.82, 2.24) is 19.2 Å². The second kappa shape index (κ2) is 14.5. The van der Waals surface area contributed by atoms with Gasteiger partial charge < -0.3 is 20.1 Å². The number of pyridine rings is 1. The molecule has 4 aliphatic heterocycles. The van der Waals surface area contributed by atoms with Gasteiger partial charge in [0, 0.05) is 64.6 Å². The molecule has 55 heavy (non-hydrogen) atoms. The molecule has 12 heteroatoms. The molecule has 6 heterocycles. The molecule has 3 aromatic carbocycles. The number of aromatic nitrogens is 2. The number of halogens is 2. The van der Waals surface area contributed by atoms with E-state index in [9.17, 15) is 13.2 Å². The van der Waals surface area contributed by atoms with Gasteiger partial charge in [-0.05, 0) is 96.7 Å². The fraction of sp³-hybridized carbons (Fsp3) is 0.302. The number of carbonyl (C=O) groups is 1. The SMILES string of the molecule is CC1CC=CN2C(=C1c1ccccc1)c1c(C(=O)Nc3cccnc3N3CCC(N4CCCCS4(=O)=O)CC3)[nH]c3cc(Cl)cc(c13)C2c1ccc(Cl)cc1. The van der Waals surface area contributed by atoms with E-state index in [-0.39, 0.29) is 29.7 Å². The van der Waals surface area contributed by atoms with Gasteiger partial charge in [0.2, 0.25) is 10.0 Å². The zero-order valence-corrected chi connectivity index (χ0v) is 32.8. The quantitative estimate of drug-likeness (QED) is 0.178. The van der Waals surface area contributed by atoms with Crippen molar-refractivity contribution in [1.29, 1.82) is 0 Å². The Bertz CT molecular complexity index is 2460. The molecule has 282 valence electrons. The van der Waals surface area contributed by atoms with Crippen LogP contribution in [0.3, 0.4) is 0 Å². The van der Waals surface area contributed by atoms with Crippen LogP contribution in [-0.4, -0.2) is 64.9 Å². The Morgan fingerprint density at radius 3 is 2.47 bits per heavy atom. The lowest BCUT2D eigenvalue weighted by atomic mass is 9.82. The van der Waals surface area contributed by atoms with E-state index in [1.165, 1.54) is 0 Å². The van der Waals surface area contributed by atoms with Crippen LogP contribution in [0.2, 0.25) is 10.0 Å². The Labute approximate surface area is 331 Å². The third-order valence-electron chi connectivity index (χ3n) is 11.6. The highest BCUT2D eigenvalue weighted by Gasteiger charge is 2.40. The van der Waals surface area contributed by atoms with Crippen LogP contribution in [0, 0.1) is 5.92 Å². The fourth-order valence-corrected chi connectivity index (χ4v) is 11.3. The number of piperidine rings is 1. The molecule has 5 aromatic rings. The van der Waals surface area contributed by atoms with Crippen molar-refractivity contribution in [3.63, 3.8) is 0 Å². The number of aromatic amines is 1. The standard InChI is InChI=1S/C43H42Cl2N6O3S/c1-27-9-8-20-50-40(29-13-15-30(44)16-14-29)33-25-31(45)26-35-37(33)38(41(50)36(27)28-10-3-2-4-11-28)39(47-35)43(52)48-34-12-7-19-46-42(34)49-22-17-32(18-23-49)51-21-5-6-24-55(51,53)54/h2-4,7-8,10-16,19-20,25-27,32,40,47H,5-6,9,17-18,21-24H2,1H3,(H,48,52). The second-order valence-electron chi connectivity index (χ2n) is 15.0. The molecule has 2 saturated heterocycles. The van der Waals surface area contributed by atoms with Gasteiger partial charge in [0.15, 0.2) is 5.82 Å². The number of carbonyl (C=O) groups excluding carboxylic acids is 1. The van der Waals surface area contributed by atoms with E-state index >= 15 is 0 Å². The number of sulfonamides is 1. The predicted octanol–water partition coefficient (Wildman–Crippen LogP) is 9.34. The van der Waals surface area contributed by atoms with Crippen molar-refractivity contribution in [2.24, 2.45) is 5.92 Å². The zero-order chi connectivity index (χ0) is 37.8. The third-order valence-corrected chi connectivity index (χ3v) is 14.0. The molecule has 0 spiro atoms. The van der Waals surface area contributed by atoms with Gasteiger partial charge in [-0.25, -0.2) is 13.4 Å². The lowest BCUT2D eigenvalue weighted by molar-refractivity contribution is 0.102. The first-order valence-corrected chi connectivity index (χ1v) is 21.4. The molecular formula is C43H42Cl2N6O3S. The molecule has 2 unspecified atom stereocenters. The largest absolute Gasteiger partial charge is 0.355 e. The van der Waals surface area contributed by atoms with Crippen LogP contribution in [0.4, 0.5) is 11.5 Å². The molecule has 2 atom stereocenters. The summed E-state index contributed by atoms with van der Waals surface area (Å²) in [4.78, 5) is 27.6. The van der Waals surface area contributed by atoms with Crippen LogP contribution in [-0.2, 0) is 10.0 Å². The van der Waals surface area contributed by atoms with Crippen LogP contribution in [0.1, 0.15) is 77.8 Å². The first-order chi connectivity index (χ1) is 26.7. The molecule has 1 amide bonds. The van der Waals surface area contributed by atoms with Crippen molar-refractivity contribution >= 4 is 72.8 Å². The Morgan fingerprint density at radius 1 is 0.927 bits per heavy atom. The van der Waals surface area contributed by atoms with Crippen molar-refractivity contribution in [2.45, 2.75) is 51.1 Å². The number of allylic oxidation sites excluding steroid dienone is 2. The number of benzene rings is 3. The number of hydrogen-bond donors (Lipinski definition) is 2. The average molecular weight is 794 g/mol. The van der Waals surface area contributed by atoms with Gasteiger partial charge in [-0.15, -0.1) is 0 Å². The van der Waals surface area contributed by atoms with E-state index < -0.39 is 10.0 Å². The van der Waals surface area contributed by atoms with Crippen LogP contribution >= 0.6 is 23.2 Å². The summed E-state index contributed by atoms with van der Waals surface area (Å²) in [7, 11) is -3.22. The van der Waals surface area contributed by atoms with E-state index in [1.807, 2.05) is 42.5 Å². The third kappa shape index (κ3) is 6.52. The van der Waals surface area contributed by atoms with Gasteiger partial charge in [-0.2, -0.15) is 4.31 Å². The molecule has 0 aliphatic carbocycles. The lowest BCUT2D eigenvalue weighted by Crippen LogP contribution is -2.50. The molecule has 9 rings (SSSR count). The van der Waals surface area contributed by atoms with Crippen LogP contribution in [0.25, 0.3) is 22.2 Å². The highest BCUT2D eigenvalue weighted by Crippen LogP contribution is 2.53. The molecule has 2 fully saturated rings. The zero-order valence-electron chi connectivity index (χ0n) is 30.5. The molecule has 2 aromatic heterocycles. The minimum atomic E-state index is -3.22. The second-order valence-corrected chi connectivity index (χ2v) is 17.9. The number of nitrogens with one attached hydrogen (secondary N) is 2. The van der Waals surface area contributed by atoms with Gasteiger partial charge in [-0.1, -0.05) is 78.7 Å². The summed E-state index contributed by atoms with van der Waals surface area (Å²) in [5.74, 6) is 0.754. The number of nitrogens with zero attached hydrogens (tertiary/aromatic N) is 4. The molecule has 4 aliphatic rings. The van der Waals surface area contributed by atoms with E-state index in [0.717, 1.165) is 63.7 Å². The van der Waals surface area contributed by atoms with E-state index in [2.05, 4.69) is 75.7 Å². The van der Waals surface area contributed by atoms with Crippen LogP contribution in [0.5, 0.6) is 0 Å². The molecular weight excluding hydrogens is 751 g/mol. The van der Waals surface area contributed by atoms with Gasteiger partial charge in [0.25, 0.3) is 5.91 Å². The average Bonchev–Trinajstić information content (AvgIpc) is 3.48. The monoisotopic (exact) mass is 792 g/mol. The van der Waals surface area contributed by atoms with Crippen LogP contribution in [0.15, 0.2) is 97.3 Å². The number of hydrogen-bond acceptors (Lipinski definition) is 6. The Balaban J connectivity index is 1.15. The highest BCUT2D eigenvalue weighted by molar-refractivity contribution is 7.89. The Hall–Kier alpha value is -4.61. The number of H-pyrrole nitrogens is 1. The molecule has 0 saturated carbocycles. The molecule has 0 radical (unpaired) electrons. The normalized spacial score (nSPS) is 21.4. The summed E-state index contributed by atoms with van der Waals surface area (Å²) in [6.07, 6.45) is 9.96. The summed E-state index contributed by atoms with van der Waals surface area (Å²) in [6, 6.07) is 25.8. The van der Waals surface area contributed by atoms with Crippen molar-refractivity contribution in [3.05, 3.63) is 135 Å². The Morgan fingerprint density at radius 2 is 1.71 bits per heavy atom. The predicted molar refractivity (Wildman–Crippen MR) is 222 cm³/mol. The minimum Gasteiger partial charge on any atom is -0.355 e. The van der Waals surface area contributed by atoms with Gasteiger partial charge in [0.05, 0.1) is 23.2 Å².